The maximum absolute atomic E-state index is 12.2. The molecule has 17 heavy (non-hydrogen) atoms. The van der Waals surface area contributed by atoms with Crippen LogP contribution < -0.4 is 0 Å². The molecule has 2 unspecified atom stereocenters. The van der Waals surface area contributed by atoms with Gasteiger partial charge in [-0.3, -0.25) is 0 Å². The summed E-state index contributed by atoms with van der Waals surface area (Å²) in [5, 5.41) is 0. The Morgan fingerprint density at radius 1 is 1.24 bits per heavy atom. The highest BCUT2D eigenvalue weighted by Gasteiger charge is 2.41. The topological polar surface area (TPSA) is 29.5 Å². The Labute approximate surface area is 112 Å². The van der Waals surface area contributed by atoms with Gasteiger partial charge < -0.3 is 9.64 Å². The van der Waals surface area contributed by atoms with E-state index in [2.05, 4.69) is 15.9 Å². The fraction of sp³-hybridized carbons (Fsp3) is 0.923. The Bertz CT molecular complexity index is 286. The van der Waals surface area contributed by atoms with Gasteiger partial charge in [0.25, 0.3) is 0 Å². The average Bonchev–Trinajstić information content (AvgIpc) is 2.12. The molecule has 0 radical (unpaired) electrons. The van der Waals surface area contributed by atoms with Crippen LogP contribution in [0.25, 0.3) is 0 Å². The first-order valence-corrected chi connectivity index (χ1v) is 7.44. The van der Waals surface area contributed by atoms with E-state index in [0.717, 1.165) is 25.7 Å². The molecule has 0 spiro atoms. The molecule has 2 aliphatic rings. The van der Waals surface area contributed by atoms with Crippen LogP contribution in [0.15, 0.2) is 0 Å². The summed E-state index contributed by atoms with van der Waals surface area (Å²) in [6.45, 7) is 5.79. The normalized spacial score (nSPS) is 33.4. The number of alkyl halides is 1. The lowest BCUT2D eigenvalue weighted by Gasteiger charge is -2.47. The van der Waals surface area contributed by atoms with Crippen LogP contribution in [0.3, 0.4) is 0 Å². The van der Waals surface area contributed by atoms with Crippen molar-refractivity contribution in [1.29, 1.82) is 0 Å². The third-order valence-corrected chi connectivity index (χ3v) is 4.27. The molecule has 3 nitrogen and oxygen atoms in total. The number of piperidine rings is 2. The average molecular weight is 304 g/mol. The van der Waals surface area contributed by atoms with E-state index < -0.39 is 5.60 Å². The van der Waals surface area contributed by atoms with Crippen molar-refractivity contribution in [3.05, 3.63) is 0 Å². The van der Waals surface area contributed by atoms with Gasteiger partial charge in [0, 0.05) is 16.9 Å². The number of halogens is 1. The van der Waals surface area contributed by atoms with Crippen molar-refractivity contribution in [3.63, 3.8) is 0 Å². The molecule has 2 bridgehead atoms. The number of carbonyl (C=O) groups excluding carboxylic acids is 1. The van der Waals surface area contributed by atoms with E-state index in [1.165, 1.54) is 6.42 Å². The zero-order valence-corrected chi connectivity index (χ0v) is 12.5. The minimum Gasteiger partial charge on any atom is -0.444 e. The Morgan fingerprint density at radius 2 is 1.76 bits per heavy atom. The van der Waals surface area contributed by atoms with E-state index in [1.807, 2.05) is 25.7 Å². The number of ether oxygens (including phenoxy) is 1. The molecule has 2 rings (SSSR count). The molecule has 2 aliphatic heterocycles. The van der Waals surface area contributed by atoms with Crippen molar-refractivity contribution in [1.82, 2.24) is 4.90 Å². The van der Waals surface area contributed by atoms with Crippen molar-refractivity contribution in [2.75, 3.05) is 0 Å². The maximum atomic E-state index is 12.2. The highest BCUT2D eigenvalue weighted by atomic mass is 79.9. The van der Waals surface area contributed by atoms with Gasteiger partial charge in [0.1, 0.15) is 5.60 Å². The van der Waals surface area contributed by atoms with Crippen molar-refractivity contribution in [2.45, 2.75) is 75.4 Å². The number of carbonyl (C=O) groups is 1. The number of fused-ring (bicyclic) bond motifs is 2. The van der Waals surface area contributed by atoms with E-state index in [9.17, 15) is 4.79 Å². The molecule has 0 saturated carbocycles. The fourth-order valence-electron chi connectivity index (χ4n) is 2.93. The lowest BCUT2D eigenvalue weighted by Crippen LogP contribution is -2.56. The number of hydrogen-bond donors (Lipinski definition) is 0. The summed E-state index contributed by atoms with van der Waals surface area (Å²) in [5.74, 6) is 0. The van der Waals surface area contributed by atoms with Gasteiger partial charge in [0.15, 0.2) is 0 Å². The SMILES string of the molecule is CC(C)(C)OC(=O)N1C2CCCC1CC(Br)C2. The van der Waals surface area contributed by atoms with Crippen LogP contribution in [0, 0.1) is 0 Å². The number of amides is 1. The van der Waals surface area contributed by atoms with Crippen LogP contribution in [0.5, 0.6) is 0 Å². The van der Waals surface area contributed by atoms with Gasteiger partial charge in [0.2, 0.25) is 0 Å². The molecular weight excluding hydrogens is 282 g/mol. The van der Waals surface area contributed by atoms with Gasteiger partial charge >= 0.3 is 6.09 Å². The lowest BCUT2D eigenvalue weighted by atomic mass is 9.85. The van der Waals surface area contributed by atoms with Gasteiger partial charge in [-0.05, 0) is 52.9 Å². The summed E-state index contributed by atoms with van der Waals surface area (Å²) in [6, 6.07) is 0.753. The Hall–Kier alpha value is -0.250. The van der Waals surface area contributed by atoms with Gasteiger partial charge in [-0.25, -0.2) is 4.79 Å². The smallest absolute Gasteiger partial charge is 0.410 e. The molecular formula is C13H22BrNO2. The van der Waals surface area contributed by atoms with E-state index in [0.29, 0.717) is 16.9 Å². The van der Waals surface area contributed by atoms with Crippen LogP contribution in [0.2, 0.25) is 0 Å². The number of rotatable bonds is 0. The second-order valence-corrected chi connectivity index (χ2v) is 7.49. The zero-order chi connectivity index (χ0) is 12.6. The van der Waals surface area contributed by atoms with Crippen LogP contribution in [0.1, 0.15) is 52.9 Å². The third-order valence-electron chi connectivity index (χ3n) is 3.52. The maximum Gasteiger partial charge on any atom is 0.410 e. The lowest BCUT2D eigenvalue weighted by molar-refractivity contribution is -0.0167. The standard InChI is InChI=1S/C13H22BrNO2/c1-13(2,3)17-12(16)15-10-5-4-6-11(15)8-9(14)7-10/h9-11H,4-8H2,1-3H3. The first-order chi connectivity index (χ1) is 7.87. The van der Waals surface area contributed by atoms with Crippen LogP contribution in [0.4, 0.5) is 4.79 Å². The quantitative estimate of drug-likeness (QED) is 0.639. The molecule has 2 saturated heterocycles. The Balaban J connectivity index is 2.07. The molecule has 2 atom stereocenters. The summed E-state index contributed by atoms with van der Waals surface area (Å²) in [4.78, 5) is 14.8. The molecule has 0 aromatic carbocycles. The molecule has 1 amide bonds. The molecule has 4 heteroatoms. The van der Waals surface area contributed by atoms with E-state index in [4.69, 9.17) is 4.74 Å². The zero-order valence-electron chi connectivity index (χ0n) is 10.9. The molecule has 98 valence electrons. The molecule has 0 aromatic rings. The number of hydrogen-bond acceptors (Lipinski definition) is 2. The van der Waals surface area contributed by atoms with E-state index in [1.54, 1.807) is 0 Å². The predicted molar refractivity (Wildman–Crippen MR) is 71.4 cm³/mol. The Kier molecular flexibility index (Phi) is 3.71. The molecule has 0 aliphatic carbocycles. The third kappa shape index (κ3) is 3.15. The van der Waals surface area contributed by atoms with Gasteiger partial charge in [-0.2, -0.15) is 0 Å². The van der Waals surface area contributed by atoms with Crippen LogP contribution in [-0.4, -0.2) is 33.5 Å². The summed E-state index contributed by atoms with van der Waals surface area (Å²) in [7, 11) is 0. The van der Waals surface area contributed by atoms with Crippen LogP contribution >= 0.6 is 15.9 Å². The highest BCUT2D eigenvalue weighted by molar-refractivity contribution is 9.09. The second kappa shape index (κ2) is 4.79. The monoisotopic (exact) mass is 303 g/mol. The molecule has 0 aromatic heterocycles. The number of nitrogens with zero attached hydrogens (tertiary/aromatic N) is 1. The largest absolute Gasteiger partial charge is 0.444 e. The minimum absolute atomic E-state index is 0.119. The summed E-state index contributed by atoms with van der Waals surface area (Å²) in [5.41, 5.74) is -0.392. The van der Waals surface area contributed by atoms with Crippen molar-refractivity contribution in [2.24, 2.45) is 0 Å². The van der Waals surface area contributed by atoms with Gasteiger partial charge in [0.05, 0.1) is 0 Å². The fourth-order valence-corrected chi connectivity index (χ4v) is 3.79. The van der Waals surface area contributed by atoms with Gasteiger partial charge in [-0.15, -0.1) is 0 Å². The Morgan fingerprint density at radius 3 is 2.24 bits per heavy atom. The first kappa shape index (κ1) is 13.2. The molecule has 2 fully saturated rings. The van der Waals surface area contributed by atoms with E-state index >= 15 is 0 Å². The molecule has 2 heterocycles. The summed E-state index contributed by atoms with van der Waals surface area (Å²) in [6.07, 6.45) is 5.50. The molecule has 0 N–H and O–H groups in total. The van der Waals surface area contributed by atoms with Gasteiger partial charge in [-0.1, -0.05) is 15.9 Å². The summed E-state index contributed by atoms with van der Waals surface area (Å²) < 4.78 is 5.52. The minimum atomic E-state index is -0.392. The first-order valence-electron chi connectivity index (χ1n) is 6.52. The highest BCUT2D eigenvalue weighted by Crippen LogP contribution is 2.37. The van der Waals surface area contributed by atoms with Crippen molar-refractivity contribution < 1.29 is 9.53 Å². The van der Waals surface area contributed by atoms with E-state index in [-0.39, 0.29) is 6.09 Å². The second-order valence-electron chi connectivity index (χ2n) is 6.19. The van der Waals surface area contributed by atoms with Crippen LogP contribution in [-0.2, 0) is 4.74 Å². The van der Waals surface area contributed by atoms with Crippen molar-refractivity contribution >= 4 is 22.0 Å². The van der Waals surface area contributed by atoms with Crippen molar-refractivity contribution in [3.8, 4) is 0 Å². The summed E-state index contributed by atoms with van der Waals surface area (Å²) >= 11 is 3.70. The predicted octanol–water partition coefficient (Wildman–Crippen LogP) is 3.70.